The summed E-state index contributed by atoms with van der Waals surface area (Å²) in [6.45, 7) is 7.30. The van der Waals surface area contributed by atoms with Crippen molar-refractivity contribution in [2.75, 3.05) is 11.9 Å². The number of carbonyl (C=O) groups is 1. The number of nitrogens with one attached hydrogen (secondary N) is 2. The van der Waals surface area contributed by atoms with Crippen LogP contribution in [-0.2, 0) is 0 Å². The SMILES string of the molecule is CCNc1cc(C(=O)NC2CCC(C)(C)CC2)cc(Cl)n1. The van der Waals surface area contributed by atoms with Gasteiger partial charge in [0.1, 0.15) is 11.0 Å². The van der Waals surface area contributed by atoms with Crippen molar-refractivity contribution in [3.8, 4) is 0 Å². The zero-order valence-corrected chi connectivity index (χ0v) is 13.8. The smallest absolute Gasteiger partial charge is 0.251 e. The van der Waals surface area contributed by atoms with E-state index in [0.717, 1.165) is 32.2 Å². The summed E-state index contributed by atoms with van der Waals surface area (Å²) in [7, 11) is 0. The second-order valence-corrected chi connectivity index (χ2v) is 6.89. The van der Waals surface area contributed by atoms with E-state index < -0.39 is 0 Å². The lowest BCUT2D eigenvalue weighted by Gasteiger charge is -2.34. The maximum Gasteiger partial charge on any atom is 0.251 e. The number of aromatic nitrogens is 1. The Morgan fingerprint density at radius 3 is 2.67 bits per heavy atom. The van der Waals surface area contributed by atoms with Gasteiger partial charge in [0.25, 0.3) is 5.91 Å². The molecule has 0 aliphatic heterocycles. The first-order valence-corrected chi connectivity index (χ1v) is 8.00. The number of pyridine rings is 1. The van der Waals surface area contributed by atoms with Crippen molar-refractivity contribution in [2.24, 2.45) is 5.41 Å². The fourth-order valence-electron chi connectivity index (χ4n) is 2.71. The minimum atomic E-state index is -0.0665. The lowest BCUT2D eigenvalue weighted by Crippen LogP contribution is -2.39. The monoisotopic (exact) mass is 309 g/mol. The van der Waals surface area contributed by atoms with Crippen LogP contribution in [0.1, 0.15) is 56.8 Å². The summed E-state index contributed by atoms with van der Waals surface area (Å²) in [6.07, 6.45) is 4.38. The third-order valence-corrected chi connectivity index (χ3v) is 4.28. The molecular weight excluding hydrogens is 286 g/mol. The molecule has 0 spiro atoms. The fourth-order valence-corrected chi connectivity index (χ4v) is 2.92. The number of rotatable bonds is 4. The first kappa shape index (κ1) is 16.1. The van der Waals surface area contributed by atoms with Gasteiger partial charge in [-0.1, -0.05) is 25.4 Å². The van der Waals surface area contributed by atoms with Gasteiger partial charge in [-0.05, 0) is 50.2 Å². The highest BCUT2D eigenvalue weighted by molar-refractivity contribution is 6.29. The van der Waals surface area contributed by atoms with Gasteiger partial charge in [-0.3, -0.25) is 4.79 Å². The highest BCUT2D eigenvalue weighted by Crippen LogP contribution is 2.35. The number of nitrogens with zero attached hydrogens (tertiary/aromatic N) is 1. The van der Waals surface area contributed by atoms with Crippen LogP contribution in [0.25, 0.3) is 0 Å². The highest BCUT2D eigenvalue weighted by atomic mass is 35.5. The van der Waals surface area contributed by atoms with E-state index in [2.05, 4.69) is 29.5 Å². The summed E-state index contributed by atoms with van der Waals surface area (Å²) in [6, 6.07) is 3.63. The Morgan fingerprint density at radius 2 is 2.05 bits per heavy atom. The van der Waals surface area contributed by atoms with E-state index in [1.165, 1.54) is 0 Å². The summed E-state index contributed by atoms with van der Waals surface area (Å²) in [5.74, 6) is 0.572. The largest absolute Gasteiger partial charge is 0.370 e. The van der Waals surface area contributed by atoms with Crippen molar-refractivity contribution < 1.29 is 4.79 Å². The summed E-state index contributed by atoms with van der Waals surface area (Å²) in [5, 5.41) is 6.54. The van der Waals surface area contributed by atoms with Crippen LogP contribution >= 0.6 is 11.6 Å². The Balaban J connectivity index is 2.00. The molecule has 1 fully saturated rings. The van der Waals surface area contributed by atoms with Crippen molar-refractivity contribution in [3.63, 3.8) is 0 Å². The Bertz CT molecular complexity index is 506. The molecule has 2 N–H and O–H groups in total. The van der Waals surface area contributed by atoms with Gasteiger partial charge in [0, 0.05) is 18.2 Å². The number of hydrogen-bond acceptors (Lipinski definition) is 3. The molecule has 0 radical (unpaired) electrons. The molecule has 2 rings (SSSR count). The van der Waals surface area contributed by atoms with Gasteiger partial charge in [-0.15, -0.1) is 0 Å². The van der Waals surface area contributed by atoms with E-state index in [-0.39, 0.29) is 11.9 Å². The Hall–Kier alpha value is -1.29. The molecule has 1 aromatic rings. The normalized spacial score (nSPS) is 18.3. The Kier molecular flexibility index (Phi) is 5.09. The van der Waals surface area contributed by atoms with Gasteiger partial charge in [0.05, 0.1) is 0 Å². The Labute approximate surface area is 131 Å². The zero-order chi connectivity index (χ0) is 15.5. The standard InChI is InChI=1S/C16H24ClN3O/c1-4-18-14-10-11(9-13(17)20-14)15(21)19-12-5-7-16(2,3)8-6-12/h9-10,12H,4-8H2,1-3H3,(H,18,20)(H,19,21). The summed E-state index contributed by atoms with van der Waals surface area (Å²) < 4.78 is 0. The van der Waals surface area contributed by atoms with E-state index in [4.69, 9.17) is 11.6 Å². The summed E-state index contributed by atoms with van der Waals surface area (Å²) in [4.78, 5) is 16.5. The molecule has 1 heterocycles. The highest BCUT2D eigenvalue weighted by Gasteiger charge is 2.27. The van der Waals surface area contributed by atoms with Crippen LogP contribution in [0.3, 0.4) is 0 Å². The minimum absolute atomic E-state index is 0.0665. The molecule has 21 heavy (non-hydrogen) atoms. The fraction of sp³-hybridized carbons (Fsp3) is 0.625. The van der Waals surface area contributed by atoms with Gasteiger partial charge in [-0.25, -0.2) is 4.98 Å². The van der Waals surface area contributed by atoms with Crippen LogP contribution in [0.5, 0.6) is 0 Å². The summed E-state index contributed by atoms with van der Waals surface area (Å²) >= 11 is 5.98. The third-order valence-electron chi connectivity index (χ3n) is 4.09. The predicted molar refractivity (Wildman–Crippen MR) is 86.9 cm³/mol. The molecule has 1 saturated carbocycles. The summed E-state index contributed by atoms with van der Waals surface area (Å²) in [5.41, 5.74) is 0.968. The van der Waals surface area contributed by atoms with Crippen molar-refractivity contribution >= 4 is 23.3 Å². The van der Waals surface area contributed by atoms with Crippen molar-refractivity contribution in [1.29, 1.82) is 0 Å². The van der Waals surface area contributed by atoms with Crippen molar-refractivity contribution in [1.82, 2.24) is 10.3 Å². The third kappa shape index (κ3) is 4.60. The molecule has 0 aromatic carbocycles. The number of amides is 1. The maximum absolute atomic E-state index is 12.4. The zero-order valence-electron chi connectivity index (χ0n) is 13.0. The van der Waals surface area contributed by atoms with Gasteiger partial charge >= 0.3 is 0 Å². The Morgan fingerprint density at radius 1 is 1.38 bits per heavy atom. The van der Waals surface area contributed by atoms with E-state index in [9.17, 15) is 4.79 Å². The number of anilines is 1. The minimum Gasteiger partial charge on any atom is -0.370 e. The molecule has 1 amide bonds. The van der Waals surface area contributed by atoms with E-state index >= 15 is 0 Å². The van der Waals surface area contributed by atoms with Crippen molar-refractivity contribution in [3.05, 3.63) is 22.8 Å². The average Bonchev–Trinajstić information content (AvgIpc) is 2.41. The van der Waals surface area contributed by atoms with Crippen LogP contribution in [0, 0.1) is 5.41 Å². The average molecular weight is 310 g/mol. The molecule has 116 valence electrons. The lowest BCUT2D eigenvalue weighted by molar-refractivity contribution is 0.0909. The topological polar surface area (TPSA) is 54.0 Å². The maximum atomic E-state index is 12.4. The molecule has 1 aliphatic rings. The second-order valence-electron chi connectivity index (χ2n) is 6.51. The predicted octanol–water partition coefficient (Wildman–Crippen LogP) is 3.87. The van der Waals surface area contributed by atoms with Crippen molar-refractivity contribution in [2.45, 2.75) is 52.5 Å². The molecule has 0 unspecified atom stereocenters. The van der Waals surface area contributed by atoms with Gasteiger partial charge < -0.3 is 10.6 Å². The molecular formula is C16H24ClN3O. The molecule has 1 aliphatic carbocycles. The van der Waals surface area contributed by atoms with Crippen LogP contribution in [-0.4, -0.2) is 23.5 Å². The number of hydrogen-bond donors (Lipinski definition) is 2. The molecule has 0 bridgehead atoms. The van der Waals surface area contributed by atoms with Crippen LogP contribution in [0.15, 0.2) is 12.1 Å². The molecule has 0 atom stereocenters. The van der Waals surface area contributed by atoms with E-state index in [1.807, 2.05) is 6.92 Å². The van der Waals surface area contributed by atoms with E-state index in [0.29, 0.717) is 21.9 Å². The quantitative estimate of drug-likeness (QED) is 0.830. The van der Waals surface area contributed by atoms with E-state index in [1.54, 1.807) is 12.1 Å². The molecule has 1 aromatic heterocycles. The second kappa shape index (κ2) is 6.65. The number of carbonyl (C=O) groups excluding carboxylic acids is 1. The van der Waals surface area contributed by atoms with Gasteiger partial charge in [0.2, 0.25) is 0 Å². The van der Waals surface area contributed by atoms with Gasteiger partial charge in [0.15, 0.2) is 0 Å². The van der Waals surface area contributed by atoms with Crippen LogP contribution in [0.2, 0.25) is 5.15 Å². The molecule has 0 saturated heterocycles. The van der Waals surface area contributed by atoms with Crippen LogP contribution < -0.4 is 10.6 Å². The molecule has 4 nitrogen and oxygen atoms in total. The lowest BCUT2D eigenvalue weighted by atomic mass is 9.75. The first-order valence-electron chi connectivity index (χ1n) is 7.62. The number of halogens is 1. The first-order chi connectivity index (χ1) is 9.89. The molecule has 5 heteroatoms. The van der Waals surface area contributed by atoms with Crippen LogP contribution in [0.4, 0.5) is 5.82 Å². The van der Waals surface area contributed by atoms with Gasteiger partial charge in [-0.2, -0.15) is 0 Å².